The lowest BCUT2D eigenvalue weighted by molar-refractivity contribution is -0.172. The first-order chi connectivity index (χ1) is 31.6. The van der Waals surface area contributed by atoms with Gasteiger partial charge in [-0.1, -0.05) is 37.3 Å². The first-order valence-electron chi connectivity index (χ1n) is 21.9. The topological polar surface area (TPSA) is 273 Å². The molecule has 6 amide bonds. The number of esters is 1. The molecule has 8 N–H and O–H groups in total. The largest absolute Gasteiger partial charge is 0.458 e. The molecule has 0 radical (unpaired) electrons. The molecule has 1 fully saturated rings. The lowest BCUT2D eigenvalue weighted by atomic mass is 9.81. The zero-order valence-corrected chi connectivity index (χ0v) is 36.4. The third-order valence-corrected chi connectivity index (χ3v) is 13.0. The molecule has 20 heteroatoms. The fourth-order valence-corrected chi connectivity index (χ4v) is 9.49. The average Bonchev–Trinajstić information content (AvgIpc) is 3.96. The van der Waals surface area contributed by atoms with Crippen LogP contribution < -0.4 is 37.9 Å². The Kier molecular flexibility index (Phi) is 12.7. The number of nitrogens with two attached hydrogens (primary N) is 1. The molecule has 346 valence electrons. The number of fused-ring (bicyclic) bond motifs is 5. The number of aromatic nitrogens is 2. The maximum atomic E-state index is 15.4. The number of likely N-dealkylation sites (tertiary alicyclic amines) is 1. The molecule has 3 aliphatic heterocycles. The van der Waals surface area contributed by atoms with E-state index in [0.717, 1.165) is 11.1 Å². The molecule has 8 rings (SSSR count). The number of hydrogen-bond acceptors (Lipinski definition) is 12. The molecule has 0 unspecified atom stereocenters. The number of benzene rings is 2. The maximum absolute atomic E-state index is 15.4. The van der Waals surface area contributed by atoms with Gasteiger partial charge >= 0.3 is 5.97 Å². The highest BCUT2D eigenvalue weighted by molar-refractivity contribution is 5.96. The van der Waals surface area contributed by atoms with Gasteiger partial charge in [0.05, 0.1) is 61.2 Å². The molecule has 2 aromatic heterocycles. The van der Waals surface area contributed by atoms with Crippen molar-refractivity contribution in [2.45, 2.75) is 89.3 Å². The predicted octanol–water partition coefficient (Wildman–Crippen LogP) is -0.344. The van der Waals surface area contributed by atoms with Crippen LogP contribution in [0.2, 0.25) is 0 Å². The summed E-state index contributed by atoms with van der Waals surface area (Å²) in [6.45, 7) is 1.56. The third kappa shape index (κ3) is 8.48. The van der Waals surface area contributed by atoms with E-state index in [0.29, 0.717) is 64.7 Å². The average molecular weight is 908 g/mol. The predicted molar refractivity (Wildman–Crippen MR) is 233 cm³/mol. The van der Waals surface area contributed by atoms with Gasteiger partial charge in [0, 0.05) is 35.5 Å². The van der Waals surface area contributed by atoms with E-state index in [9.17, 15) is 43.5 Å². The first kappa shape index (κ1) is 45.5. The van der Waals surface area contributed by atoms with E-state index < -0.39 is 96.1 Å². The van der Waals surface area contributed by atoms with Crippen molar-refractivity contribution in [3.05, 3.63) is 97.6 Å². The number of nitrogens with zero attached hydrogens (tertiary/aromatic N) is 3. The van der Waals surface area contributed by atoms with Gasteiger partial charge < -0.3 is 51.6 Å². The molecule has 19 nitrogen and oxygen atoms in total. The lowest BCUT2D eigenvalue weighted by Gasteiger charge is -2.32. The maximum Gasteiger partial charge on any atom is 0.343 e. The van der Waals surface area contributed by atoms with Crippen LogP contribution in [0.1, 0.15) is 77.6 Å². The van der Waals surface area contributed by atoms with E-state index in [1.165, 1.54) is 15.5 Å². The minimum absolute atomic E-state index is 0.0442. The summed E-state index contributed by atoms with van der Waals surface area (Å²) in [4.78, 5) is 111. The van der Waals surface area contributed by atoms with Crippen LogP contribution in [0.25, 0.3) is 22.3 Å². The van der Waals surface area contributed by atoms with E-state index in [-0.39, 0.29) is 50.2 Å². The number of aryl methyl sites for hydroxylation is 1. The summed E-state index contributed by atoms with van der Waals surface area (Å²) in [5.74, 6) is -4.86. The van der Waals surface area contributed by atoms with E-state index >= 15 is 4.39 Å². The van der Waals surface area contributed by atoms with Crippen LogP contribution in [0.4, 0.5) is 4.39 Å². The number of aliphatic hydroxyl groups is 1. The molecule has 0 bridgehead atoms. The van der Waals surface area contributed by atoms with Crippen LogP contribution in [0.5, 0.6) is 0 Å². The second-order valence-corrected chi connectivity index (χ2v) is 16.9. The molecule has 5 heterocycles. The van der Waals surface area contributed by atoms with Crippen molar-refractivity contribution in [3.63, 3.8) is 0 Å². The molecule has 1 aliphatic carbocycles. The smallest absolute Gasteiger partial charge is 0.343 e. The van der Waals surface area contributed by atoms with Crippen molar-refractivity contribution in [3.8, 4) is 11.4 Å². The van der Waals surface area contributed by atoms with Gasteiger partial charge in [0.1, 0.15) is 24.5 Å². The van der Waals surface area contributed by atoms with Gasteiger partial charge in [-0.2, -0.15) is 0 Å². The van der Waals surface area contributed by atoms with Gasteiger partial charge in [-0.25, -0.2) is 14.2 Å². The number of hydrogen-bond donors (Lipinski definition) is 7. The van der Waals surface area contributed by atoms with Crippen LogP contribution in [-0.4, -0.2) is 106 Å². The number of ether oxygens (including phenoxy) is 1. The van der Waals surface area contributed by atoms with E-state index in [1.54, 1.807) is 50.2 Å². The number of pyridine rings is 2. The number of carbonyl (C=O) groups excluding carboxylic acids is 7. The van der Waals surface area contributed by atoms with Gasteiger partial charge in [-0.3, -0.25) is 33.6 Å². The molecule has 0 saturated carbocycles. The molecule has 4 aliphatic rings. The normalized spacial score (nSPS) is 19.5. The molecular weight excluding hydrogens is 858 g/mol. The number of rotatable bonds is 14. The van der Waals surface area contributed by atoms with Gasteiger partial charge in [0.2, 0.25) is 35.4 Å². The van der Waals surface area contributed by atoms with Crippen LogP contribution in [0.3, 0.4) is 0 Å². The van der Waals surface area contributed by atoms with Gasteiger partial charge in [-0.05, 0) is 67.3 Å². The second-order valence-electron chi connectivity index (χ2n) is 16.9. The third-order valence-electron chi connectivity index (χ3n) is 13.0. The molecule has 66 heavy (non-hydrogen) atoms. The number of halogens is 1. The molecular formula is C46H50FN9O10. The van der Waals surface area contributed by atoms with Gasteiger partial charge in [0.15, 0.2) is 5.60 Å². The second kappa shape index (κ2) is 18.4. The van der Waals surface area contributed by atoms with Crippen molar-refractivity contribution in [2.24, 2.45) is 5.73 Å². The van der Waals surface area contributed by atoms with Crippen molar-refractivity contribution >= 4 is 52.3 Å². The highest BCUT2D eigenvalue weighted by Crippen LogP contribution is 2.46. The van der Waals surface area contributed by atoms with Gasteiger partial charge in [0.25, 0.3) is 5.56 Å². The van der Waals surface area contributed by atoms with E-state index in [4.69, 9.17) is 15.5 Å². The van der Waals surface area contributed by atoms with Crippen LogP contribution >= 0.6 is 0 Å². The van der Waals surface area contributed by atoms with Crippen molar-refractivity contribution in [2.75, 3.05) is 32.7 Å². The minimum Gasteiger partial charge on any atom is -0.458 e. The molecule has 2 aromatic carbocycles. The Bertz CT molecular complexity index is 2760. The summed E-state index contributed by atoms with van der Waals surface area (Å²) in [5, 5.41) is 25.1. The Morgan fingerprint density at radius 2 is 1.71 bits per heavy atom. The quantitative estimate of drug-likeness (QED) is 0.0706. The Labute approximate surface area is 377 Å². The summed E-state index contributed by atoms with van der Waals surface area (Å²) in [6, 6.07) is 9.13. The standard InChI is InChI=1S/C46H50FN9O10/c1-3-46(65)28-15-34-41-26(21-56(34)44(63)27(28)22-66-45(46)64)40-30(12-11-25-23(2)29(47)16-31(53-41)39(25)40)54-43(62)33-10-7-13-55(33)38(60)20-50-36(58)18-51-42(61)32(14-24-8-5-4-6-9-24)52-37(59)19-49-35(57)17-48/h4-6,8-9,15-16,30,32-33,65H,3,7,10-14,17-22,48H2,1-2H3,(H,49,57)(H,50,58)(H,51,61)(H,52,59)(H,54,62)/t30-,32-,33-,46-/m0/s1. The fourth-order valence-electron chi connectivity index (χ4n) is 9.49. The fraction of sp³-hybridized carbons (Fsp3) is 0.413. The highest BCUT2D eigenvalue weighted by atomic mass is 19.1. The van der Waals surface area contributed by atoms with E-state index in [1.807, 2.05) is 0 Å². The van der Waals surface area contributed by atoms with Crippen molar-refractivity contribution in [1.82, 2.24) is 41.0 Å². The Balaban J connectivity index is 0.955. The monoisotopic (exact) mass is 907 g/mol. The number of amides is 6. The summed E-state index contributed by atoms with van der Waals surface area (Å²) in [7, 11) is 0. The number of carbonyl (C=O) groups is 7. The van der Waals surface area contributed by atoms with Crippen molar-refractivity contribution < 1.29 is 47.8 Å². The minimum atomic E-state index is -2.05. The zero-order chi connectivity index (χ0) is 47.0. The van der Waals surface area contributed by atoms with Crippen LogP contribution in [0, 0.1) is 12.7 Å². The molecule has 0 spiro atoms. The summed E-state index contributed by atoms with van der Waals surface area (Å²) >= 11 is 0. The van der Waals surface area contributed by atoms with Crippen LogP contribution in [0.15, 0.2) is 47.3 Å². The molecule has 4 aromatic rings. The van der Waals surface area contributed by atoms with E-state index in [2.05, 4.69) is 26.6 Å². The Hall–Kier alpha value is -7.06. The molecule has 1 saturated heterocycles. The Morgan fingerprint density at radius 3 is 2.45 bits per heavy atom. The summed E-state index contributed by atoms with van der Waals surface area (Å²) in [6.07, 6.45) is 1.68. The lowest BCUT2D eigenvalue weighted by Crippen LogP contribution is -2.53. The number of nitrogens with one attached hydrogen (secondary N) is 5. The SMILES string of the molecule is CC[C@@]1(O)C(=O)OCc2c1cc1n(c2=O)Cc2c-1nc1cc(F)c(C)c3c1c2[C@@H](NC(=O)[C@@H]1CCCN1C(=O)CNC(=O)CNC(=O)[C@H](Cc1ccccc1)NC(=O)CNC(=O)CN)CC3. The Morgan fingerprint density at radius 1 is 0.970 bits per heavy atom. The first-order valence-corrected chi connectivity index (χ1v) is 21.9. The summed E-state index contributed by atoms with van der Waals surface area (Å²) < 4.78 is 22.2. The molecule has 4 atom stereocenters. The van der Waals surface area contributed by atoms with Gasteiger partial charge in [-0.15, -0.1) is 0 Å². The summed E-state index contributed by atoms with van der Waals surface area (Å²) in [5.41, 5.74) is 7.26. The van der Waals surface area contributed by atoms with Crippen LogP contribution in [-0.2, 0) is 69.9 Å². The zero-order valence-electron chi connectivity index (χ0n) is 36.4. The highest BCUT2D eigenvalue weighted by Gasteiger charge is 2.46. The van der Waals surface area contributed by atoms with Crippen molar-refractivity contribution in [1.29, 1.82) is 0 Å². The number of cyclic esters (lactones) is 1.